The molecule has 5 nitrogen and oxygen atoms in total. The Kier molecular flexibility index (Phi) is 5.72. The first kappa shape index (κ1) is 17.2. The fourth-order valence-electron chi connectivity index (χ4n) is 4.00. The SMILES string of the molecule is CC[C@H](C(=O)NC1CCCC1)N1CCN(c2ccnc(C)c2)CC1. The zero-order valence-electron chi connectivity index (χ0n) is 15.0. The Labute approximate surface area is 145 Å². The average molecular weight is 330 g/mol. The normalized spacial score (nSPS) is 21.0. The molecule has 1 saturated carbocycles. The third-order valence-electron chi connectivity index (χ3n) is 5.39. The molecule has 24 heavy (non-hydrogen) atoms. The van der Waals surface area contributed by atoms with E-state index in [0.29, 0.717) is 6.04 Å². The average Bonchev–Trinajstić information content (AvgIpc) is 3.09. The number of aromatic nitrogens is 1. The van der Waals surface area contributed by atoms with Gasteiger partial charge in [0.1, 0.15) is 0 Å². The van der Waals surface area contributed by atoms with Crippen LogP contribution in [0.15, 0.2) is 18.3 Å². The van der Waals surface area contributed by atoms with Crippen LogP contribution in [0.25, 0.3) is 0 Å². The maximum Gasteiger partial charge on any atom is 0.237 e. The first-order chi connectivity index (χ1) is 11.7. The molecule has 132 valence electrons. The molecule has 2 fully saturated rings. The molecular weight excluding hydrogens is 300 g/mol. The summed E-state index contributed by atoms with van der Waals surface area (Å²) in [5.41, 5.74) is 2.29. The van der Waals surface area contributed by atoms with Gasteiger partial charge in [0.25, 0.3) is 0 Å². The van der Waals surface area contributed by atoms with Crippen molar-refractivity contribution in [1.29, 1.82) is 0 Å². The molecule has 1 amide bonds. The molecule has 3 rings (SSSR count). The number of carbonyl (C=O) groups excluding carboxylic acids is 1. The first-order valence-electron chi connectivity index (χ1n) is 9.39. The molecule has 0 spiro atoms. The van der Waals surface area contributed by atoms with Gasteiger partial charge in [0, 0.05) is 49.8 Å². The smallest absolute Gasteiger partial charge is 0.237 e. The van der Waals surface area contributed by atoms with Gasteiger partial charge in [0.05, 0.1) is 6.04 Å². The van der Waals surface area contributed by atoms with Gasteiger partial charge in [-0.15, -0.1) is 0 Å². The number of anilines is 1. The van der Waals surface area contributed by atoms with Crippen LogP contribution >= 0.6 is 0 Å². The second-order valence-electron chi connectivity index (χ2n) is 7.09. The monoisotopic (exact) mass is 330 g/mol. The highest BCUT2D eigenvalue weighted by molar-refractivity contribution is 5.82. The van der Waals surface area contributed by atoms with Crippen molar-refractivity contribution in [2.75, 3.05) is 31.1 Å². The first-order valence-corrected chi connectivity index (χ1v) is 9.39. The number of pyridine rings is 1. The van der Waals surface area contributed by atoms with Gasteiger partial charge in [-0.3, -0.25) is 14.7 Å². The predicted octanol–water partition coefficient (Wildman–Crippen LogP) is 2.35. The van der Waals surface area contributed by atoms with Crippen LogP contribution in [0.1, 0.15) is 44.7 Å². The maximum atomic E-state index is 12.7. The Bertz CT molecular complexity index is 548. The Balaban J connectivity index is 1.54. The Morgan fingerprint density at radius 3 is 2.62 bits per heavy atom. The minimum absolute atomic E-state index is 0.0203. The lowest BCUT2D eigenvalue weighted by Gasteiger charge is -2.39. The van der Waals surface area contributed by atoms with Crippen LogP contribution in [-0.2, 0) is 4.79 Å². The Morgan fingerprint density at radius 2 is 2.00 bits per heavy atom. The number of rotatable bonds is 5. The van der Waals surface area contributed by atoms with Crippen molar-refractivity contribution in [1.82, 2.24) is 15.2 Å². The van der Waals surface area contributed by atoms with Gasteiger partial charge in [-0.25, -0.2) is 0 Å². The fraction of sp³-hybridized carbons (Fsp3) is 0.684. The highest BCUT2D eigenvalue weighted by atomic mass is 16.2. The van der Waals surface area contributed by atoms with Gasteiger partial charge < -0.3 is 10.2 Å². The molecule has 0 bridgehead atoms. The molecule has 2 aliphatic rings. The molecule has 1 aliphatic carbocycles. The van der Waals surface area contributed by atoms with Crippen LogP contribution in [0.3, 0.4) is 0 Å². The molecule has 1 aromatic heterocycles. The van der Waals surface area contributed by atoms with Crippen molar-refractivity contribution in [2.45, 2.75) is 58.0 Å². The lowest BCUT2D eigenvalue weighted by molar-refractivity contribution is -0.127. The third-order valence-corrected chi connectivity index (χ3v) is 5.39. The molecule has 0 unspecified atom stereocenters. The largest absolute Gasteiger partial charge is 0.369 e. The summed E-state index contributed by atoms with van der Waals surface area (Å²) in [6, 6.07) is 4.64. The fourth-order valence-corrected chi connectivity index (χ4v) is 4.00. The Morgan fingerprint density at radius 1 is 1.29 bits per heavy atom. The molecule has 1 N–H and O–H groups in total. The van der Waals surface area contributed by atoms with Crippen LogP contribution in [0.5, 0.6) is 0 Å². The highest BCUT2D eigenvalue weighted by Crippen LogP contribution is 2.20. The van der Waals surface area contributed by atoms with E-state index in [0.717, 1.165) is 51.1 Å². The van der Waals surface area contributed by atoms with Crippen LogP contribution < -0.4 is 10.2 Å². The number of hydrogen-bond acceptors (Lipinski definition) is 4. The lowest BCUT2D eigenvalue weighted by Crippen LogP contribution is -2.55. The maximum absolute atomic E-state index is 12.7. The molecule has 5 heteroatoms. The van der Waals surface area contributed by atoms with Gasteiger partial charge in [0.15, 0.2) is 0 Å². The van der Waals surface area contributed by atoms with Crippen LogP contribution in [0, 0.1) is 6.92 Å². The highest BCUT2D eigenvalue weighted by Gasteiger charge is 2.29. The number of aryl methyl sites for hydroxylation is 1. The van der Waals surface area contributed by atoms with Crippen molar-refractivity contribution in [3.05, 3.63) is 24.0 Å². The molecular formula is C19H30N4O. The van der Waals surface area contributed by atoms with Crippen molar-refractivity contribution >= 4 is 11.6 Å². The summed E-state index contributed by atoms with van der Waals surface area (Å²) in [6.45, 7) is 7.97. The van der Waals surface area contributed by atoms with E-state index in [-0.39, 0.29) is 11.9 Å². The van der Waals surface area contributed by atoms with E-state index < -0.39 is 0 Å². The van der Waals surface area contributed by atoms with E-state index in [1.807, 2.05) is 13.1 Å². The van der Waals surface area contributed by atoms with E-state index >= 15 is 0 Å². The second kappa shape index (κ2) is 7.97. The number of nitrogens with one attached hydrogen (secondary N) is 1. The van der Waals surface area contributed by atoms with Crippen molar-refractivity contribution in [2.24, 2.45) is 0 Å². The van der Waals surface area contributed by atoms with Crippen molar-refractivity contribution < 1.29 is 4.79 Å². The van der Waals surface area contributed by atoms with Crippen LogP contribution in [0.4, 0.5) is 5.69 Å². The third kappa shape index (κ3) is 4.07. The van der Waals surface area contributed by atoms with E-state index in [9.17, 15) is 4.79 Å². The summed E-state index contributed by atoms with van der Waals surface area (Å²) in [6.07, 6.45) is 7.57. The van der Waals surface area contributed by atoms with E-state index in [1.54, 1.807) is 0 Å². The summed E-state index contributed by atoms with van der Waals surface area (Å²) in [4.78, 5) is 21.7. The summed E-state index contributed by atoms with van der Waals surface area (Å²) in [7, 11) is 0. The number of hydrogen-bond donors (Lipinski definition) is 1. The minimum Gasteiger partial charge on any atom is -0.369 e. The van der Waals surface area contributed by atoms with Crippen LogP contribution in [0.2, 0.25) is 0 Å². The lowest BCUT2D eigenvalue weighted by atomic mass is 10.1. The topological polar surface area (TPSA) is 48.5 Å². The van der Waals surface area contributed by atoms with Crippen molar-refractivity contribution in [3.8, 4) is 0 Å². The summed E-state index contributed by atoms with van der Waals surface area (Å²) in [5, 5.41) is 3.28. The summed E-state index contributed by atoms with van der Waals surface area (Å²) in [5.74, 6) is 0.234. The standard InChI is InChI=1S/C19H30N4O/c1-3-18(19(24)21-16-6-4-5-7-16)23-12-10-22(11-13-23)17-8-9-20-15(2)14-17/h8-9,14,16,18H,3-7,10-13H2,1-2H3,(H,21,24)/t18-/m1/s1. The van der Waals surface area contributed by atoms with Gasteiger partial charge >= 0.3 is 0 Å². The Hall–Kier alpha value is -1.62. The summed E-state index contributed by atoms with van der Waals surface area (Å²) < 4.78 is 0. The summed E-state index contributed by atoms with van der Waals surface area (Å²) >= 11 is 0. The number of piperazine rings is 1. The van der Waals surface area contributed by atoms with Gasteiger partial charge in [-0.05, 0) is 38.3 Å². The number of nitrogens with zero attached hydrogens (tertiary/aromatic N) is 3. The molecule has 1 aromatic rings. The van der Waals surface area contributed by atoms with E-state index in [2.05, 4.69) is 39.2 Å². The quantitative estimate of drug-likeness (QED) is 0.900. The molecule has 1 aliphatic heterocycles. The van der Waals surface area contributed by atoms with Crippen LogP contribution in [-0.4, -0.2) is 54.1 Å². The van der Waals surface area contributed by atoms with E-state index in [1.165, 1.54) is 18.5 Å². The van der Waals surface area contributed by atoms with Gasteiger partial charge in [0.2, 0.25) is 5.91 Å². The van der Waals surface area contributed by atoms with E-state index in [4.69, 9.17) is 0 Å². The predicted molar refractivity (Wildman–Crippen MR) is 97.2 cm³/mol. The number of carbonyl (C=O) groups is 1. The molecule has 2 heterocycles. The molecule has 0 aromatic carbocycles. The number of amides is 1. The second-order valence-corrected chi connectivity index (χ2v) is 7.09. The molecule has 1 atom stereocenters. The van der Waals surface area contributed by atoms with Gasteiger partial charge in [-0.1, -0.05) is 19.8 Å². The molecule has 0 radical (unpaired) electrons. The van der Waals surface area contributed by atoms with Gasteiger partial charge in [-0.2, -0.15) is 0 Å². The minimum atomic E-state index is 0.0203. The van der Waals surface area contributed by atoms with Crippen molar-refractivity contribution in [3.63, 3.8) is 0 Å². The molecule has 1 saturated heterocycles. The zero-order valence-corrected chi connectivity index (χ0v) is 15.0. The zero-order chi connectivity index (χ0) is 16.9.